The number of ether oxygens (including phenoxy) is 1. The van der Waals surface area contributed by atoms with E-state index in [1.165, 1.54) is 22.2 Å². The standard InChI is InChI=1S/C26H19ClF3N5O3S/c1-33-20-10-16(6-7-18(20)32-25(33)34-9-8-17(12-34)38-24(37)26(28,29)30)35-13-31-19-11-21(39-22(19)23(35)36)14-2-4-15(27)5-3-14/h2-7,10-11,13,17H,8-9,12H2,1H3/t17-/m0/s1. The molecule has 5 aromatic rings. The first-order valence-corrected chi connectivity index (χ1v) is 13.0. The number of nitrogens with zero attached hydrogens (tertiary/aromatic N) is 5. The van der Waals surface area contributed by atoms with Gasteiger partial charge in [0.1, 0.15) is 17.1 Å². The normalized spacial score (nSPS) is 15.9. The lowest BCUT2D eigenvalue weighted by Crippen LogP contribution is -2.32. The number of hydrogen-bond donors (Lipinski definition) is 0. The van der Waals surface area contributed by atoms with Crippen LogP contribution in [0.15, 0.2) is 59.7 Å². The van der Waals surface area contributed by atoms with Crippen molar-refractivity contribution in [3.8, 4) is 16.1 Å². The Labute approximate surface area is 227 Å². The predicted octanol–water partition coefficient (Wildman–Crippen LogP) is 5.34. The second-order valence-electron chi connectivity index (χ2n) is 9.16. The monoisotopic (exact) mass is 573 g/mol. The Hall–Kier alpha value is -3.90. The number of alkyl halides is 3. The molecule has 1 aliphatic rings. The summed E-state index contributed by atoms with van der Waals surface area (Å²) in [6.45, 7) is 0.481. The number of halogens is 4. The fourth-order valence-corrected chi connectivity index (χ4v) is 5.85. The van der Waals surface area contributed by atoms with Gasteiger partial charge in [-0.05, 0) is 42.0 Å². The molecular weight excluding hydrogens is 555 g/mol. The van der Waals surface area contributed by atoms with Gasteiger partial charge in [0.05, 0.1) is 28.8 Å². The van der Waals surface area contributed by atoms with E-state index >= 15 is 0 Å². The molecule has 1 saturated heterocycles. The quantitative estimate of drug-likeness (QED) is 0.270. The zero-order valence-electron chi connectivity index (χ0n) is 20.3. The number of benzene rings is 2. The summed E-state index contributed by atoms with van der Waals surface area (Å²) in [5.74, 6) is -1.66. The first-order valence-electron chi connectivity index (χ1n) is 11.9. The summed E-state index contributed by atoms with van der Waals surface area (Å²) < 4.78 is 46.1. The van der Waals surface area contributed by atoms with Gasteiger partial charge in [-0.15, -0.1) is 11.3 Å². The molecule has 2 aromatic carbocycles. The maximum atomic E-state index is 13.4. The van der Waals surface area contributed by atoms with Gasteiger partial charge in [-0.3, -0.25) is 9.36 Å². The van der Waals surface area contributed by atoms with Gasteiger partial charge in [-0.2, -0.15) is 13.2 Å². The number of aryl methyl sites for hydroxylation is 1. The van der Waals surface area contributed by atoms with Crippen molar-refractivity contribution in [1.29, 1.82) is 0 Å². The van der Waals surface area contributed by atoms with Crippen molar-refractivity contribution in [3.63, 3.8) is 0 Å². The highest BCUT2D eigenvalue weighted by molar-refractivity contribution is 7.22. The third-order valence-corrected chi connectivity index (χ3v) is 8.03. The molecule has 200 valence electrons. The van der Waals surface area contributed by atoms with Gasteiger partial charge in [-0.25, -0.2) is 14.8 Å². The molecule has 6 rings (SSSR count). The van der Waals surface area contributed by atoms with Crippen LogP contribution in [0.3, 0.4) is 0 Å². The number of thiophene rings is 1. The van der Waals surface area contributed by atoms with Crippen molar-refractivity contribution in [2.75, 3.05) is 18.0 Å². The van der Waals surface area contributed by atoms with E-state index in [0.29, 0.717) is 38.9 Å². The average Bonchev–Trinajstić information content (AvgIpc) is 3.62. The van der Waals surface area contributed by atoms with Crippen LogP contribution < -0.4 is 10.5 Å². The minimum absolute atomic E-state index is 0.0974. The van der Waals surface area contributed by atoms with Crippen LogP contribution in [0.25, 0.3) is 37.4 Å². The maximum absolute atomic E-state index is 13.4. The van der Waals surface area contributed by atoms with Crippen molar-refractivity contribution in [1.82, 2.24) is 19.1 Å². The molecule has 3 aromatic heterocycles. The molecule has 0 amide bonds. The van der Waals surface area contributed by atoms with Crippen LogP contribution in [0.1, 0.15) is 6.42 Å². The molecule has 0 aliphatic carbocycles. The minimum Gasteiger partial charge on any atom is -0.454 e. The summed E-state index contributed by atoms with van der Waals surface area (Å²) in [5.41, 5.74) is 3.30. The zero-order chi connectivity index (χ0) is 27.5. The first kappa shape index (κ1) is 25.4. The van der Waals surface area contributed by atoms with Gasteiger partial charge >= 0.3 is 12.1 Å². The van der Waals surface area contributed by atoms with Crippen LogP contribution in [0, 0.1) is 0 Å². The molecule has 0 radical (unpaired) electrons. The molecule has 1 aliphatic heterocycles. The zero-order valence-corrected chi connectivity index (χ0v) is 21.8. The Morgan fingerprint density at radius 3 is 2.64 bits per heavy atom. The number of carbonyl (C=O) groups excluding carboxylic acids is 1. The highest BCUT2D eigenvalue weighted by atomic mass is 35.5. The molecule has 39 heavy (non-hydrogen) atoms. The predicted molar refractivity (Wildman–Crippen MR) is 143 cm³/mol. The Kier molecular flexibility index (Phi) is 6.11. The van der Waals surface area contributed by atoms with Crippen LogP contribution >= 0.6 is 22.9 Å². The number of esters is 1. The number of anilines is 1. The second-order valence-corrected chi connectivity index (χ2v) is 10.6. The van der Waals surface area contributed by atoms with Crippen LogP contribution in [-0.2, 0) is 16.6 Å². The van der Waals surface area contributed by atoms with E-state index in [2.05, 4.69) is 14.7 Å². The molecule has 0 N–H and O–H groups in total. The Morgan fingerprint density at radius 2 is 1.90 bits per heavy atom. The third kappa shape index (κ3) is 4.63. The van der Waals surface area contributed by atoms with Gasteiger partial charge in [0.25, 0.3) is 5.56 Å². The van der Waals surface area contributed by atoms with Gasteiger partial charge in [-0.1, -0.05) is 23.7 Å². The van der Waals surface area contributed by atoms with Gasteiger partial charge in [0.15, 0.2) is 0 Å². The number of aromatic nitrogens is 4. The summed E-state index contributed by atoms with van der Waals surface area (Å²) >= 11 is 7.35. The summed E-state index contributed by atoms with van der Waals surface area (Å²) in [5, 5.41) is 0.628. The topological polar surface area (TPSA) is 82.2 Å². The molecule has 13 heteroatoms. The summed E-state index contributed by atoms with van der Waals surface area (Å²) in [7, 11) is 1.78. The molecule has 0 bridgehead atoms. The Bertz CT molecular complexity index is 1800. The van der Waals surface area contributed by atoms with E-state index in [9.17, 15) is 22.8 Å². The molecule has 0 spiro atoms. The van der Waals surface area contributed by atoms with E-state index in [1.807, 2.05) is 24.3 Å². The molecule has 1 fully saturated rings. The van der Waals surface area contributed by atoms with Gasteiger partial charge in [0, 0.05) is 29.9 Å². The first-order chi connectivity index (χ1) is 18.6. The van der Waals surface area contributed by atoms with Crippen LogP contribution in [0.4, 0.5) is 19.1 Å². The van der Waals surface area contributed by atoms with E-state index in [4.69, 9.17) is 11.6 Å². The average molecular weight is 574 g/mol. The van der Waals surface area contributed by atoms with Crippen molar-refractivity contribution >= 4 is 56.1 Å². The number of rotatable bonds is 4. The van der Waals surface area contributed by atoms with E-state index in [0.717, 1.165) is 16.0 Å². The molecule has 8 nitrogen and oxygen atoms in total. The van der Waals surface area contributed by atoms with Crippen LogP contribution in [0.2, 0.25) is 5.02 Å². The largest absolute Gasteiger partial charge is 0.490 e. The van der Waals surface area contributed by atoms with Crippen LogP contribution in [-0.4, -0.2) is 50.4 Å². The summed E-state index contributed by atoms with van der Waals surface area (Å²) in [4.78, 5) is 36.4. The SMILES string of the molecule is Cn1c(N2CC[C@H](OC(=O)C(F)(F)F)C2)nc2ccc(-n3cnc4cc(-c5ccc(Cl)cc5)sc4c3=O)cc21. The smallest absolute Gasteiger partial charge is 0.454 e. The lowest BCUT2D eigenvalue weighted by molar-refractivity contribution is -0.203. The number of carbonyl (C=O) groups is 1. The fraction of sp³-hybridized carbons (Fsp3) is 0.231. The molecular formula is C26H19ClF3N5O3S. The maximum Gasteiger partial charge on any atom is 0.490 e. The number of imidazole rings is 1. The summed E-state index contributed by atoms with van der Waals surface area (Å²) in [6, 6.07) is 14.6. The molecule has 4 heterocycles. The van der Waals surface area contributed by atoms with E-state index < -0.39 is 18.2 Å². The van der Waals surface area contributed by atoms with E-state index in [-0.39, 0.29) is 18.5 Å². The number of fused-ring (bicyclic) bond motifs is 2. The molecule has 1 atom stereocenters. The Balaban J connectivity index is 1.30. The van der Waals surface area contributed by atoms with Crippen molar-refractivity contribution < 1.29 is 22.7 Å². The second kappa shape index (κ2) is 9.38. The number of hydrogen-bond acceptors (Lipinski definition) is 7. The molecule has 0 saturated carbocycles. The van der Waals surface area contributed by atoms with Crippen molar-refractivity contribution in [2.45, 2.75) is 18.7 Å². The van der Waals surface area contributed by atoms with Crippen molar-refractivity contribution in [3.05, 3.63) is 70.2 Å². The lowest BCUT2D eigenvalue weighted by Gasteiger charge is -2.18. The van der Waals surface area contributed by atoms with Gasteiger partial charge in [0.2, 0.25) is 5.95 Å². The Morgan fingerprint density at radius 1 is 1.13 bits per heavy atom. The van der Waals surface area contributed by atoms with E-state index in [1.54, 1.807) is 40.8 Å². The fourth-order valence-electron chi connectivity index (χ4n) is 4.68. The molecule has 0 unspecified atom stereocenters. The third-order valence-electron chi connectivity index (χ3n) is 6.62. The van der Waals surface area contributed by atoms with Gasteiger partial charge < -0.3 is 14.2 Å². The highest BCUT2D eigenvalue weighted by Gasteiger charge is 2.43. The van der Waals surface area contributed by atoms with Crippen LogP contribution in [0.5, 0.6) is 0 Å². The lowest BCUT2D eigenvalue weighted by atomic mass is 10.2. The minimum atomic E-state index is -5.03. The van der Waals surface area contributed by atoms with Crippen molar-refractivity contribution in [2.24, 2.45) is 7.05 Å². The highest BCUT2D eigenvalue weighted by Crippen LogP contribution is 2.32. The summed E-state index contributed by atoms with van der Waals surface area (Å²) in [6.07, 6.45) is -4.16.